The number of piperidine rings is 1. The molecular weight excluding hydrogens is 340 g/mol. The van der Waals surface area contributed by atoms with Crippen molar-refractivity contribution in [2.45, 2.75) is 65.4 Å². The largest absolute Gasteiger partial charge is 0.488 e. The molecule has 0 bridgehead atoms. The van der Waals surface area contributed by atoms with Crippen LogP contribution in [0.5, 0.6) is 5.75 Å². The van der Waals surface area contributed by atoms with E-state index in [1.807, 2.05) is 49.9 Å². The van der Waals surface area contributed by atoms with E-state index >= 15 is 0 Å². The van der Waals surface area contributed by atoms with Crippen molar-refractivity contribution in [2.24, 2.45) is 11.3 Å². The van der Waals surface area contributed by atoms with E-state index in [2.05, 4.69) is 5.32 Å². The summed E-state index contributed by atoms with van der Waals surface area (Å²) in [4.78, 5) is 27.1. The molecule has 1 saturated carbocycles. The summed E-state index contributed by atoms with van der Waals surface area (Å²) in [7, 11) is 0. The van der Waals surface area contributed by atoms with Gasteiger partial charge in [0.1, 0.15) is 5.75 Å². The number of nitrogens with zero attached hydrogens (tertiary/aromatic N) is 1. The number of carbonyl (C=O) groups excluding carboxylic acids is 2. The van der Waals surface area contributed by atoms with Crippen molar-refractivity contribution in [1.29, 1.82) is 0 Å². The number of ether oxygens (including phenoxy) is 1. The molecule has 5 heteroatoms. The predicted molar refractivity (Wildman–Crippen MR) is 107 cm³/mol. The van der Waals surface area contributed by atoms with Gasteiger partial charge in [-0.2, -0.15) is 0 Å². The number of benzene rings is 1. The lowest BCUT2D eigenvalue weighted by atomic mass is 9.90. The highest BCUT2D eigenvalue weighted by Crippen LogP contribution is 2.31. The molecule has 0 radical (unpaired) electrons. The fourth-order valence-corrected chi connectivity index (χ4v) is 3.91. The van der Waals surface area contributed by atoms with Crippen molar-refractivity contribution in [3.05, 3.63) is 24.3 Å². The van der Waals surface area contributed by atoms with Crippen molar-refractivity contribution < 1.29 is 14.3 Å². The normalized spacial score (nSPS) is 19.1. The Morgan fingerprint density at radius 3 is 2.30 bits per heavy atom. The zero-order chi connectivity index (χ0) is 19.4. The molecule has 5 nitrogen and oxygen atoms in total. The Morgan fingerprint density at radius 1 is 1.04 bits per heavy atom. The molecule has 0 unspecified atom stereocenters. The van der Waals surface area contributed by atoms with Crippen LogP contribution in [0.1, 0.15) is 59.3 Å². The van der Waals surface area contributed by atoms with Crippen molar-refractivity contribution >= 4 is 17.5 Å². The number of hydrogen-bond donors (Lipinski definition) is 1. The van der Waals surface area contributed by atoms with E-state index in [0.29, 0.717) is 25.9 Å². The van der Waals surface area contributed by atoms with E-state index in [-0.39, 0.29) is 29.3 Å². The molecule has 1 N–H and O–H groups in total. The average Bonchev–Trinajstić information content (AvgIpc) is 3.15. The maximum absolute atomic E-state index is 12.8. The molecule has 1 aromatic carbocycles. The molecule has 2 fully saturated rings. The molecule has 27 heavy (non-hydrogen) atoms. The monoisotopic (exact) mass is 372 g/mol. The molecule has 1 aromatic rings. The minimum absolute atomic E-state index is 0.0281. The topological polar surface area (TPSA) is 58.6 Å². The van der Waals surface area contributed by atoms with Gasteiger partial charge >= 0.3 is 0 Å². The fraction of sp³-hybridized carbons (Fsp3) is 0.636. The lowest BCUT2D eigenvalue weighted by molar-refractivity contribution is -0.142. The van der Waals surface area contributed by atoms with Crippen molar-refractivity contribution in [3.8, 4) is 5.75 Å². The van der Waals surface area contributed by atoms with Crippen LogP contribution in [-0.2, 0) is 9.59 Å². The summed E-state index contributed by atoms with van der Waals surface area (Å²) < 4.78 is 6.11. The summed E-state index contributed by atoms with van der Waals surface area (Å²) in [6, 6.07) is 7.69. The molecule has 0 aromatic heterocycles. The van der Waals surface area contributed by atoms with Gasteiger partial charge in [0.05, 0.1) is 11.8 Å². The highest BCUT2D eigenvalue weighted by molar-refractivity contribution is 5.94. The number of likely N-dealkylation sites (tertiary alicyclic amines) is 1. The van der Waals surface area contributed by atoms with Crippen LogP contribution in [0.4, 0.5) is 5.69 Å². The van der Waals surface area contributed by atoms with Gasteiger partial charge in [0, 0.05) is 24.4 Å². The summed E-state index contributed by atoms with van der Waals surface area (Å²) >= 11 is 0. The van der Waals surface area contributed by atoms with E-state index < -0.39 is 0 Å². The van der Waals surface area contributed by atoms with Gasteiger partial charge in [-0.05, 0) is 50.7 Å². The molecule has 1 aliphatic heterocycles. The zero-order valence-electron chi connectivity index (χ0n) is 16.8. The van der Waals surface area contributed by atoms with E-state index in [9.17, 15) is 9.59 Å². The van der Waals surface area contributed by atoms with Gasteiger partial charge in [0.15, 0.2) is 0 Å². The standard InChI is InChI=1S/C22H32N2O3/c1-22(2,3)21(26)24-14-12-16(13-15-24)20(25)23-18-10-6-7-11-19(18)27-17-8-4-5-9-17/h6-7,10-11,16-17H,4-5,8-9,12-15H2,1-3H3,(H,23,25). The number of carbonyl (C=O) groups is 2. The minimum Gasteiger partial charge on any atom is -0.488 e. The number of hydrogen-bond acceptors (Lipinski definition) is 3. The fourth-order valence-electron chi connectivity index (χ4n) is 3.91. The number of rotatable bonds is 4. The lowest BCUT2D eigenvalue weighted by Gasteiger charge is -2.35. The number of anilines is 1. The van der Waals surface area contributed by atoms with Gasteiger partial charge in [-0.1, -0.05) is 32.9 Å². The molecule has 1 aliphatic carbocycles. The van der Waals surface area contributed by atoms with Crippen LogP contribution >= 0.6 is 0 Å². The summed E-state index contributed by atoms with van der Waals surface area (Å²) in [6.07, 6.45) is 6.27. The SMILES string of the molecule is CC(C)(C)C(=O)N1CCC(C(=O)Nc2ccccc2OC2CCCC2)CC1. The maximum Gasteiger partial charge on any atom is 0.227 e. The quantitative estimate of drug-likeness (QED) is 0.860. The zero-order valence-corrected chi connectivity index (χ0v) is 16.8. The molecule has 148 valence electrons. The van der Waals surface area contributed by atoms with E-state index in [4.69, 9.17) is 4.74 Å². The van der Waals surface area contributed by atoms with Crippen LogP contribution in [0.25, 0.3) is 0 Å². The van der Waals surface area contributed by atoms with E-state index in [0.717, 1.165) is 24.3 Å². The summed E-state index contributed by atoms with van der Waals surface area (Å²) in [5.74, 6) is 0.892. The Hall–Kier alpha value is -2.04. The smallest absolute Gasteiger partial charge is 0.227 e. The molecular formula is C22H32N2O3. The first-order valence-electron chi connectivity index (χ1n) is 10.2. The van der Waals surface area contributed by atoms with Crippen LogP contribution < -0.4 is 10.1 Å². The van der Waals surface area contributed by atoms with Crippen LogP contribution in [0, 0.1) is 11.3 Å². The average molecular weight is 373 g/mol. The van der Waals surface area contributed by atoms with E-state index in [1.165, 1.54) is 12.8 Å². The Labute approximate surface area is 162 Å². The van der Waals surface area contributed by atoms with Gasteiger partial charge in [-0.3, -0.25) is 9.59 Å². The number of para-hydroxylation sites is 2. The highest BCUT2D eigenvalue weighted by atomic mass is 16.5. The van der Waals surface area contributed by atoms with Gasteiger partial charge in [0.25, 0.3) is 0 Å². The Kier molecular flexibility index (Phi) is 6.08. The Balaban J connectivity index is 1.56. The third kappa shape index (κ3) is 5.02. The van der Waals surface area contributed by atoms with Crippen molar-refractivity contribution in [3.63, 3.8) is 0 Å². The molecule has 2 amide bonds. The first-order chi connectivity index (χ1) is 12.8. The number of amides is 2. The van der Waals surface area contributed by atoms with Crippen molar-refractivity contribution in [2.75, 3.05) is 18.4 Å². The van der Waals surface area contributed by atoms with E-state index in [1.54, 1.807) is 0 Å². The molecule has 1 heterocycles. The summed E-state index contributed by atoms with van der Waals surface area (Å²) in [6.45, 7) is 7.11. The molecule has 2 aliphatic rings. The molecule has 0 spiro atoms. The van der Waals surface area contributed by atoms with Gasteiger partial charge in [0.2, 0.25) is 11.8 Å². The maximum atomic E-state index is 12.8. The Bertz CT molecular complexity index is 666. The Morgan fingerprint density at radius 2 is 1.67 bits per heavy atom. The third-order valence-corrected chi connectivity index (χ3v) is 5.54. The van der Waals surface area contributed by atoms with Crippen LogP contribution in [0.3, 0.4) is 0 Å². The first kappa shape index (κ1) is 19.7. The van der Waals surface area contributed by atoms with Crippen molar-refractivity contribution in [1.82, 2.24) is 4.90 Å². The minimum atomic E-state index is -0.369. The van der Waals surface area contributed by atoms with Gasteiger partial charge < -0.3 is 15.0 Å². The predicted octanol–water partition coefficient (Wildman–Crippen LogP) is 4.23. The van der Waals surface area contributed by atoms with Crippen LogP contribution in [0.2, 0.25) is 0 Å². The second-order valence-corrected chi connectivity index (χ2v) is 8.83. The number of nitrogens with one attached hydrogen (secondary N) is 1. The highest BCUT2D eigenvalue weighted by Gasteiger charge is 2.32. The molecule has 3 rings (SSSR count). The summed E-state index contributed by atoms with van der Waals surface area (Å²) in [5.41, 5.74) is 0.383. The first-order valence-corrected chi connectivity index (χ1v) is 10.2. The molecule has 0 atom stereocenters. The van der Waals surface area contributed by atoms with Crippen LogP contribution in [-0.4, -0.2) is 35.9 Å². The van der Waals surface area contributed by atoms with Gasteiger partial charge in [-0.25, -0.2) is 0 Å². The molecule has 1 saturated heterocycles. The second-order valence-electron chi connectivity index (χ2n) is 8.83. The van der Waals surface area contributed by atoms with Gasteiger partial charge in [-0.15, -0.1) is 0 Å². The third-order valence-electron chi connectivity index (χ3n) is 5.54. The summed E-state index contributed by atoms with van der Waals surface area (Å²) in [5, 5.41) is 3.06. The van der Waals surface area contributed by atoms with Crippen LogP contribution in [0.15, 0.2) is 24.3 Å². The lowest BCUT2D eigenvalue weighted by Crippen LogP contribution is -2.45. The second kappa shape index (κ2) is 8.32.